The molecule has 1 aliphatic rings. The van der Waals surface area contributed by atoms with Crippen LogP contribution < -0.4 is 20.3 Å². The zero-order chi connectivity index (χ0) is 31.2. The largest absolute Gasteiger partial charge is 0.362 e. The zero-order valence-corrected chi connectivity index (χ0v) is 26.8. The molecule has 8 nitrogen and oxygen atoms in total. The van der Waals surface area contributed by atoms with E-state index < -0.39 is 10.0 Å². The van der Waals surface area contributed by atoms with Crippen molar-refractivity contribution in [2.24, 2.45) is 5.92 Å². The third-order valence-corrected chi connectivity index (χ3v) is 10.3. The second kappa shape index (κ2) is 13.9. The third-order valence-electron chi connectivity index (χ3n) is 8.70. The summed E-state index contributed by atoms with van der Waals surface area (Å²) in [4.78, 5) is 12.0. The van der Waals surface area contributed by atoms with Gasteiger partial charge < -0.3 is 15.5 Å². The number of rotatable bonds is 12. The van der Waals surface area contributed by atoms with Gasteiger partial charge in [-0.15, -0.1) is 0 Å². The van der Waals surface area contributed by atoms with E-state index in [2.05, 4.69) is 21.4 Å². The predicted octanol–water partition coefficient (Wildman–Crippen LogP) is 6.00. The third kappa shape index (κ3) is 7.61. The standard InChI is InChI=1S/C36H42N6O2S/c1-42(2)35-32-16-8-9-17-33(32)39-36(40-35)38-29-21-19-27(20-22-29)24-37-25-30(23-26-11-4-3-5-12-26)41-45(43,44)34-18-10-14-28-13-6-7-15-31(28)34/h3-18,27,29-30,37,41H,19-25H2,1-2H3,(H,38,39,40)/t27?,29?,30-/m0/s1. The van der Waals surface area contributed by atoms with Crippen LogP contribution in [-0.2, 0) is 16.4 Å². The number of anilines is 2. The lowest BCUT2D eigenvalue weighted by molar-refractivity contribution is 0.320. The first-order valence-electron chi connectivity index (χ1n) is 15.8. The number of sulfonamides is 1. The van der Waals surface area contributed by atoms with Gasteiger partial charge in [0.15, 0.2) is 0 Å². The van der Waals surface area contributed by atoms with Crippen LogP contribution in [-0.4, -0.2) is 57.7 Å². The van der Waals surface area contributed by atoms with Gasteiger partial charge in [0, 0.05) is 43.5 Å². The number of nitrogens with one attached hydrogen (secondary N) is 3. The van der Waals surface area contributed by atoms with Crippen molar-refractivity contribution in [2.45, 2.75) is 49.1 Å². The molecule has 1 saturated carbocycles. The van der Waals surface area contributed by atoms with Crippen molar-refractivity contribution in [3.8, 4) is 0 Å². The minimum Gasteiger partial charge on any atom is -0.362 e. The molecule has 0 saturated heterocycles. The van der Waals surface area contributed by atoms with Crippen LogP contribution >= 0.6 is 0 Å². The SMILES string of the molecule is CN(C)c1nc(NC2CCC(CNC[C@H](Cc3ccccc3)NS(=O)(=O)c3cccc4ccccc34)CC2)nc2ccccc12. The molecular formula is C36H42N6O2S. The number of para-hydroxylation sites is 1. The van der Waals surface area contributed by atoms with Crippen molar-refractivity contribution in [1.82, 2.24) is 20.0 Å². The van der Waals surface area contributed by atoms with E-state index in [1.807, 2.05) is 97.9 Å². The molecule has 0 radical (unpaired) electrons. The lowest BCUT2D eigenvalue weighted by Crippen LogP contribution is -2.44. The summed E-state index contributed by atoms with van der Waals surface area (Å²) in [5, 5.41) is 9.90. The van der Waals surface area contributed by atoms with Crippen molar-refractivity contribution < 1.29 is 8.42 Å². The molecule has 1 heterocycles. The van der Waals surface area contributed by atoms with Gasteiger partial charge in [0.2, 0.25) is 16.0 Å². The van der Waals surface area contributed by atoms with Crippen molar-refractivity contribution in [3.05, 3.63) is 103 Å². The van der Waals surface area contributed by atoms with Crippen LogP contribution in [0.15, 0.2) is 102 Å². The van der Waals surface area contributed by atoms with E-state index in [1.54, 1.807) is 12.1 Å². The molecule has 4 aromatic carbocycles. The molecule has 3 N–H and O–H groups in total. The first-order chi connectivity index (χ1) is 21.9. The Morgan fingerprint density at radius 2 is 1.49 bits per heavy atom. The Morgan fingerprint density at radius 1 is 0.800 bits per heavy atom. The molecular weight excluding hydrogens is 581 g/mol. The monoisotopic (exact) mass is 622 g/mol. The molecule has 1 atom stereocenters. The van der Waals surface area contributed by atoms with Crippen molar-refractivity contribution in [2.75, 3.05) is 37.4 Å². The second-order valence-electron chi connectivity index (χ2n) is 12.3. The summed E-state index contributed by atoms with van der Waals surface area (Å²) < 4.78 is 30.4. The molecule has 1 fully saturated rings. The average Bonchev–Trinajstić information content (AvgIpc) is 3.05. The Kier molecular flexibility index (Phi) is 9.59. The van der Waals surface area contributed by atoms with Gasteiger partial charge in [-0.05, 0) is 73.7 Å². The highest BCUT2D eigenvalue weighted by Crippen LogP contribution is 2.28. The van der Waals surface area contributed by atoms with E-state index in [-0.39, 0.29) is 6.04 Å². The van der Waals surface area contributed by atoms with Crippen LogP contribution in [0.1, 0.15) is 31.2 Å². The van der Waals surface area contributed by atoms with Gasteiger partial charge >= 0.3 is 0 Å². The topological polar surface area (TPSA) is 99.3 Å². The molecule has 0 spiro atoms. The highest BCUT2D eigenvalue weighted by Gasteiger charge is 2.25. The summed E-state index contributed by atoms with van der Waals surface area (Å²) in [7, 11) is 0.285. The Labute approximate surface area is 266 Å². The van der Waals surface area contributed by atoms with Gasteiger partial charge in [-0.2, -0.15) is 4.98 Å². The summed E-state index contributed by atoms with van der Waals surface area (Å²) in [6.07, 6.45) is 4.87. The van der Waals surface area contributed by atoms with Gasteiger partial charge in [0.1, 0.15) is 5.82 Å². The molecule has 45 heavy (non-hydrogen) atoms. The van der Waals surface area contributed by atoms with E-state index in [9.17, 15) is 8.42 Å². The first kappa shape index (κ1) is 31.0. The Balaban J connectivity index is 1.06. The van der Waals surface area contributed by atoms with Crippen molar-refractivity contribution in [3.63, 3.8) is 0 Å². The number of benzene rings is 4. The molecule has 0 aliphatic heterocycles. The van der Waals surface area contributed by atoms with E-state index in [0.29, 0.717) is 35.8 Å². The lowest BCUT2D eigenvalue weighted by Gasteiger charge is -2.30. The number of aromatic nitrogens is 2. The summed E-state index contributed by atoms with van der Waals surface area (Å²) in [6, 6.07) is 31.3. The molecule has 6 rings (SSSR count). The Bertz CT molecular complexity index is 1830. The minimum atomic E-state index is -3.73. The Hall–Kier alpha value is -4.05. The first-order valence-corrected chi connectivity index (χ1v) is 17.3. The van der Waals surface area contributed by atoms with Crippen LogP contribution in [0.4, 0.5) is 11.8 Å². The number of hydrogen-bond acceptors (Lipinski definition) is 7. The molecule has 0 unspecified atom stereocenters. The smallest absolute Gasteiger partial charge is 0.241 e. The van der Waals surface area contributed by atoms with Crippen LogP contribution in [0.3, 0.4) is 0 Å². The summed E-state index contributed by atoms with van der Waals surface area (Å²) in [5.74, 6) is 2.13. The minimum absolute atomic E-state index is 0.287. The fraction of sp³-hybridized carbons (Fsp3) is 0.333. The fourth-order valence-corrected chi connectivity index (χ4v) is 7.85. The summed E-state index contributed by atoms with van der Waals surface area (Å²) in [5.41, 5.74) is 2.04. The van der Waals surface area contributed by atoms with Crippen LogP contribution in [0, 0.1) is 5.92 Å². The van der Waals surface area contributed by atoms with Crippen molar-refractivity contribution >= 4 is 43.5 Å². The number of fused-ring (bicyclic) bond motifs is 2. The zero-order valence-electron chi connectivity index (χ0n) is 26.0. The molecule has 5 aromatic rings. The van der Waals surface area contributed by atoms with Gasteiger partial charge in [-0.25, -0.2) is 18.1 Å². The van der Waals surface area contributed by atoms with E-state index in [0.717, 1.165) is 65.3 Å². The maximum atomic E-state index is 13.7. The van der Waals surface area contributed by atoms with Crippen LogP contribution in [0.2, 0.25) is 0 Å². The average molecular weight is 623 g/mol. The molecule has 1 aliphatic carbocycles. The Morgan fingerprint density at radius 3 is 2.27 bits per heavy atom. The maximum absolute atomic E-state index is 13.7. The van der Waals surface area contributed by atoms with Gasteiger partial charge in [0.25, 0.3) is 0 Å². The highest BCUT2D eigenvalue weighted by atomic mass is 32.2. The molecule has 9 heteroatoms. The summed E-state index contributed by atoms with van der Waals surface area (Å²) in [6.45, 7) is 1.40. The lowest BCUT2D eigenvalue weighted by atomic mass is 9.86. The van der Waals surface area contributed by atoms with E-state index in [4.69, 9.17) is 9.97 Å². The molecule has 1 aromatic heterocycles. The van der Waals surface area contributed by atoms with Gasteiger partial charge in [-0.3, -0.25) is 0 Å². The van der Waals surface area contributed by atoms with E-state index >= 15 is 0 Å². The quantitative estimate of drug-likeness (QED) is 0.157. The van der Waals surface area contributed by atoms with Crippen molar-refractivity contribution in [1.29, 1.82) is 0 Å². The van der Waals surface area contributed by atoms with E-state index in [1.165, 1.54) is 0 Å². The number of hydrogen-bond donors (Lipinski definition) is 3. The van der Waals surface area contributed by atoms with Gasteiger partial charge in [-0.1, -0.05) is 78.9 Å². The van der Waals surface area contributed by atoms with Gasteiger partial charge in [0.05, 0.1) is 10.4 Å². The second-order valence-corrected chi connectivity index (χ2v) is 14.0. The fourth-order valence-electron chi connectivity index (χ4n) is 6.39. The maximum Gasteiger partial charge on any atom is 0.241 e. The van der Waals surface area contributed by atoms with Crippen LogP contribution in [0.5, 0.6) is 0 Å². The molecule has 0 amide bonds. The van der Waals surface area contributed by atoms with Crippen LogP contribution in [0.25, 0.3) is 21.7 Å². The number of nitrogens with zero attached hydrogens (tertiary/aromatic N) is 3. The molecule has 234 valence electrons. The molecule has 0 bridgehead atoms. The normalized spacial score (nSPS) is 17.7. The predicted molar refractivity (Wildman–Crippen MR) is 184 cm³/mol. The highest BCUT2D eigenvalue weighted by molar-refractivity contribution is 7.89. The summed E-state index contributed by atoms with van der Waals surface area (Å²) >= 11 is 0.